The molecular weight excluding hydrogens is 316 g/mol. The molecule has 0 aromatic carbocycles. The number of rotatable bonds is 3. The van der Waals surface area contributed by atoms with Crippen molar-refractivity contribution in [3.05, 3.63) is 40.7 Å². The summed E-state index contributed by atoms with van der Waals surface area (Å²) in [5, 5.41) is 21.8. The fourth-order valence-corrected chi connectivity index (χ4v) is 4.07. The summed E-state index contributed by atoms with van der Waals surface area (Å²) in [5.74, 6) is -3.99. The number of aliphatic carboxylic acids is 2. The third-order valence-electron chi connectivity index (χ3n) is 4.06. The van der Waals surface area contributed by atoms with Gasteiger partial charge < -0.3 is 10.2 Å². The molecule has 2 unspecified atom stereocenters. The monoisotopic (exact) mass is 330 g/mol. The lowest BCUT2D eigenvalue weighted by Crippen LogP contribution is -2.34. The maximum atomic E-state index is 11.8. The molecule has 2 aromatic heterocycles. The van der Waals surface area contributed by atoms with Gasteiger partial charge in [-0.1, -0.05) is 0 Å². The molecule has 0 saturated heterocycles. The number of hydrogen-bond donors (Lipinski definition) is 2. The zero-order valence-corrected chi connectivity index (χ0v) is 13.3. The average molecular weight is 330 g/mol. The summed E-state index contributed by atoms with van der Waals surface area (Å²) < 4.78 is 0.946. The minimum atomic E-state index is -1.14. The van der Waals surface area contributed by atoms with Crippen molar-refractivity contribution < 1.29 is 19.8 Å². The van der Waals surface area contributed by atoms with Crippen LogP contribution in [0.5, 0.6) is 0 Å². The van der Waals surface area contributed by atoms with Gasteiger partial charge in [0.05, 0.1) is 5.57 Å². The van der Waals surface area contributed by atoms with E-state index in [1.54, 1.807) is 26.2 Å². The van der Waals surface area contributed by atoms with Gasteiger partial charge in [-0.25, -0.2) is 4.79 Å². The predicted molar refractivity (Wildman–Crippen MR) is 86.9 cm³/mol. The van der Waals surface area contributed by atoms with E-state index in [1.165, 1.54) is 11.3 Å². The Morgan fingerprint density at radius 3 is 2.65 bits per heavy atom. The van der Waals surface area contributed by atoms with Crippen LogP contribution in [-0.4, -0.2) is 32.8 Å². The number of aromatic nitrogens is 1. The highest BCUT2D eigenvalue weighted by atomic mass is 32.1. The molecule has 0 bridgehead atoms. The van der Waals surface area contributed by atoms with E-state index in [2.05, 4.69) is 9.98 Å². The standard InChI is InChI=1S/C16H14N2O4S/c1-7-12(15(19)20)14(13(16(21)22)8(2)18-7)10-6-23-11-3-4-17-5-9(10)11/h3-6,12,14H,1-2H3,(H,19,20)(H,21,22). The van der Waals surface area contributed by atoms with Crippen LogP contribution in [0.1, 0.15) is 25.3 Å². The lowest BCUT2D eigenvalue weighted by Gasteiger charge is -2.29. The minimum absolute atomic E-state index is 0.0338. The Balaban J connectivity index is 2.29. The second-order valence-corrected chi connectivity index (χ2v) is 6.33. The molecule has 6 nitrogen and oxygen atoms in total. The number of carbonyl (C=O) groups is 2. The fraction of sp³-hybridized carbons (Fsp3) is 0.250. The Hall–Kier alpha value is -2.54. The van der Waals surface area contributed by atoms with Crippen LogP contribution in [0.4, 0.5) is 0 Å². The van der Waals surface area contributed by atoms with Gasteiger partial charge in [0.15, 0.2) is 0 Å². The number of pyridine rings is 1. The summed E-state index contributed by atoms with van der Waals surface area (Å²) in [6.07, 6.45) is 3.31. The van der Waals surface area contributed by atoms with E-state index >= 15 is 0 Å². The third kappa shape index (κ3) is 2.43. The lowest BCUT2D eigenvalue weighted by atomic mass is 9.76. The molecule has 1 aliphatic heterocycles. The second-order valence-electron chi connectivity index (χ2n) is 5.41. The summed E-state index contributed by atoms with van der Waals surface area (Å²) >= 11 is 1.45. The van der Waals surface area contributed by atoms with Crippen LogP contribution in [0.2, 0.25) is 0 Å². The van der Waals surface area contributed by atoms with Crippen molar-refractivity contribution in [1.82, 2.24) is 4.98 Å². The van der Waals surface area contributed by atoms with Crippen LogP contribution in [0, 0.1) is 5.92 Å². The Morgan fingerprint density at radius 2 is 2.00 bits per heavy atom. The first-order valence-corrected chi connectivity index (χ1v) is 7.83. The van der Waals surface area contributed by atoms with Gasteiger partial charge in [-0.05, 0) is 30.9 Å². The van der Waals surface area contributed by atoms with Crippen molar-refractivity contribution in [3.8, 4) is 0 Å². The number of hydrogen-bond acceptors (Lipinski definition) is 5. The molecule has 7 heteroatoms. The van der Waals surface area contributed by atoms with Crippen LogP contribution in [0.15, 0.2) is 40.1 Å². The molecule has 0 spiro atoms. The summed E-state index contributed by atoms with van der Waals surface area (Å²) in [6.45, 7) is 3.23. The van der Waals surface area contributed by atoms with E-state index in [0.29, 0.717) is 17.0 Å². The van der Waals surface area contributed by atoms with Crippen LogP contribution in [-0.2, 0) is 9.59 Å². The van der Waals surface area contributed by atoms with E-state index in [0.717, 1.165) is 10.1 Å². The van der Waals surface area contributed by atoms with Crippen LogP contribution in [0.25, 0.3) is 10.1 Å². The SMILES string of the molecule is CC1=NC(C)=C(C(=O)O)C(c2csc3ccncc23)C1C(=O)O. The predicted octanol–water partition coefficient (Wildman–Crippen LogP) is 2.91. The first-order chi connectivity index (χ1) is 10.9. The van der Waals surface area contributed by atoms with Gasteiger partial charge in [0.25, 0.3) is 0 Å². The van der Waals surface area contributed by atoms with Crippen LogP contribution in [0.3, 0.4) is 0 Å². The van der Waals surface area contributed by atoms with Gasteiger partial charge >= 0.3 is 11.9 Å². The van der Waals surface area contributed by atoms with Crippen molar-refractivity contribution in [3.63, 3.8) is 0 Å². The van der Waals surface area contributed by atoms with Gasteiger partial charge in [-0.15, -0.1) is 11.3 Å². The van der Waals surface area contributed by atoms with E-state index < -0.39 is 23.8 Å². The molecule has 3 heterocycles. The number of nitrogens with zero attached hydrogens (tertiary/aromatic N) is 2. The smallest absolute Gasteiger partial charge is 0.334 e. The van der Waals surface area contributed by atoms with Gasteiger partial charge in [-0.2, -0.15) is 0 Å². The first kappa shape index (κ1) is 15.4. The molecule has 0 aliphatic carbocycles. The number of thiophene rings is 1. The van der Waals surface area contributed by atoms with E-state index in [-0.39, 0.29) is 5.57 Å². The highest BCUT2D eigenvalue weighted by molar-refractivity contribution is 7.17. The second kappa shape index (κ2) is 5.58. The summed E-state index contributed by atoms with van der Waals surface area (Å²) in [6, 6.07) is 1.83. The first-order valence-electron chi connectivity index (χ1n) is 6.95. The zero-order valence-electron chi connectivity index (χ0n) is 12.5. The molecule has 0 radical (unpaired) electrons. The van der Waals surface area contributed by atoms with Gasteiger partial charge in [0, 0.05) is 39.8 Å². The van der Waals surface area contributed by atoms with Gasteiger partial charge in [0.2, 0.25) is 0 Å². The molecule has 0 fully saturated rings. The van der Waals surface area contributed by atoms with Crippen molar-refractivity contribution >= 4 is 39.1 Å². The number of fused-ring (bicyclic) bond motifs is 1. The highest BCUT2D eigenvalue weighted by Crippen LogP contribution is 2.43. The molecule has 3 rings (SSSR count). The van der Waals surface area contributed by atoms with E-state index in [4.69, 9.17) is 0 Å². The topological polar surface area (TPSA) is 99.9 Å². The molecule has 118 valence electrons. The molecule has 0 saturated carbocycles. The Morgan fingerprint density at radius 1 is 1.26 bits per heavy atom. The van der Waals surface area contributed by atoms with E-state index in [1.807, 2.05) is 11.4 Å². The lowest BCUT2D eigenvalue weighted by molar-refractivity contribution is -0.140. The van der Waals surface area contributed by atoms with Crippen molar-refractivity contribution in [2.24, 2.45) is 10.9 Å². The van der Waals surface area contributed by atoms with Crippen molar-refractivity contribution in [1.29, 1.82) is 0 Å². The van der Waals surface area contributed by atoms with Crippen molar-refractivity contribution in [2.45, 2.75) is 19.8 Å². The molecule has 23 heavy (non-hydrogen) atoms. The molecule has 2 aromatic rings. The zero-order chi connectivity index (χ0) is 16.7. The van der Waals surface area contributed by atoms with E-state index in [9.17, 15) is 19.8 Å². The fourth-order valence-electron chi connectivity index (χ4n) is 3.10. The Labute approximate surface area is 135 Å². The third-order valence-corrected chi connectivity index (χ3v) is 5.05. The molecular formula is C16H14N2O4S. The quantitative estimate of drug-likeness (QED) is 0.901. The number of carboxylic acids is 2. The van der Waals surface area contributed by atoms with Gasteiger partial charge in [-0.3, -0.25) is 14.8 Å². The molecule has 2 atom stereocenters. The number of allylic oxidation sites excluding steroid dienone is 1. The van der Waals surface area contributed by atoms with Crippen LogP contribution < -0.4 is 0 Å². The maximum Gasteiger partial charge on any atom is 0.334 e. The Bertz CT molecular complexity index is 881. The largest absolute Gasteiger partial charge is 0.481 e. The minimum Gasteiger partial charge on any atom is -0.481 e. The number of aliphatic imine (C=N–C) groups is 1. The van der Waals surface area contributed by atoms with Crippen LogP contribution >= 0.6 is 11.3 Å². The Kier molecular flexibility index (Phi) is 3.73. The van der Waals surface area contributed by atoms with Gasteiger partial charge in [0.1, 0.15) is 5.92 Å². The average Bonchev–Trinajstić information content (AvgIpc) is 2.89. The summed E-state index contributed by atoms with van der Waals surface area (Å²) in [4.78, 5) is 31.8. The van der Waals surface area contributed by atoms with Crippen molar-refractivity contribution in [2.75, 3.05) is 0 Å². The molecule has 2 N–H and O–H groups in total. The summed E-state index contributed by atoms with van der Waals surface area (Å²) in [7, 11) is 0. The molecule has 1 aliphatic rings. The molecule has 0 amide bonds. The maximum absolute atomic E-state index is 11.8. The highest BCUT2D eigenvalue weighted by Gasteiger charge is 2.41. The summed E-state index contributed by atoms with van der Waals surface area (Å²) in [5.41, 5.74) is 1.47. The normalized spacial score (nSPS) is 21.4. The number of carboxylic acid groups (broad SMARTS) is 2.